The van der Waals surface area contributed by atoms with Crippen molar-refractivity contribution in [2.45, 2.75) is 19.5 Å². The zero-order valence-corrected chi connectivity index (χ0v) is 14.1. The van der Waals surface area contributed by atoms with Gasteiger partial charge in [0.1, 0.15) is 6.54 Å². The van der Waals surface area contributed by atoms with Gasteiger partial charge in [-0.2, -0.15) is 0 Å². The number of nitrogens with zero attached hydrogens (tertiary/aromatic N) is 3. The monoisotopic (exact) mass is 330 g/mol. The Morgan fingerprint density at radius 2 is 1.88 bits per heavy atom. The van der Waals surface area contributed by atoms with Crippen LogP contribution >= 0.6 is 0 Å². The summed E-state index contributed by atoms with van der Waals surface area (Å²) >= 11 is 0. The van der Waals surface area contributed by atoms with Crippen LogP contribution in [-0.2, 0) is 18.4 Å². The van der Waals surface area contributed by atoms with Crippen molar-refractivity contribution in [3.63, 3.8) is 0 Å². The lowest BCUT2D eigenvalue weighted by Crippen LogP contribution is -2.43. The van der Waals surface area contributed by atoms with Gasteiger partial charge in [-0.15, -0.1) is 0 Å². The molecule has 1 atom stereocenters. The van der Waals surface area contributed by atoms with E-state index in [1.165, 1.54) is 23.9 Å². The fraction of sp³-hybridized carbons (Fsp3) is 0.353. The molecule has 0 fully saturated rings. The first kappa shape index (κ1) is 17.5. The van der Waals surface area contributed by atoms with Crippen molar-refractivity contribution in [1.29, 1.82) is 0 Å². The van der Waals surface area contributed by atoms with Crippen LogP contribution < -0.4 is 21.5 Å². The molecule has 128 valence electrons. The Kier molecular flexibility index (Phi) is 5.57. The maximum atomic E-state index is 12.0. The van der Waals surface area contributed by atoms with Gasteiger partial charge >= 0.3 is 5.69 Å². The number of benzene rings is 1. The minimum atomic E-state index is -0.507. The molecular formula is C17H22N4O3. The van der Waals surface area contributed by atoms with E-state index in [-0.39, 0.29) is 18.5 Å². The van der Waals surface area contributed by atoms with Crippen molar-refractivity contribution in [1.82, 2.24) is 14.5 Å². The normalized spacial score (nSPS) is 11.8. The van der Waals surface area contributed by atoms with Crippen LogP contribution in [0, 0.1) is 0 Å². The summed E-state index contributed by atoms with van der Waals surface area (Å²) in [5.41, 5.74) is 0.162. The van der Waals surface area contributed by atoms with Crippen LogP contribution in [0.2, 0.25) is 0 Å². The molecule has 0 saturated carbocycles. The van der Waals surface area contributed by atoms with E-state index in [1.807, 2.05) is 44.3 Å². The zero-order valence-electron chi connectivity index (χ0n) is 14.1. The minimum Gasteiger partial charge on any atom is -0.370 e. The number of carbonyl (C=O) groups is 1. The van der Waals surface area contributed by atoms with Gasteiger partial charge in [-0.05, 0) is 19.1 Å². The number of amides is 1. The Hall–Kier alpha value is -2.83. The van der Waals surface area contributed by atoms with Crippen molar-refractivity contribution in [3.05, 3.63) is 63.4 Å². The second-order valence-corrected chi connectivity index (χ2v) is 5.72. The highest BCUT2D eigenvalue weighted by molar-refractivity contribution is 5.75. The maximum absolute atomic E-state index is 12.0. The Balaban J connectivity index is 1.93. The van der Waals surface area contributed by atoms with E-state index in [9.17, 15) is 14.4 Å². The van der Waals surface area contributed by atoms with Crippen LogP contribution in [0.25, 0.3) is 0 Å². The molecule has 1 aromatic carbocycles. The first-order chi connectivity index (χ1) is 11.4. The average Bonchev–Trinajstić information content (AvgIpc) is 2.60. The van der Waals surface area contributed by atoms with E-state index in [2.05, 4.69) is 10.2 Å². The summed E-state index contributed by atoms with van der Waals surface area (Å²) in [6.45, 7) is 2.34. The van der Waals surface area contributed by atoms with Crippen molar-refractivity contribution < 1.29 is 4.79 Å². The Morgan fingerprint density at radius 3 is 2.54 bits per heavy atom. The number of likely N-dealkylation sites (N-methyl/N-ethyl adjacent to an activating group) is 1. The fourth-order valence-electron chi connectivity index (χ4n) is 2.26. The second kappa shape index (κ2) is 7.63. The van der Waals surface area contributed by atoms with Gasteiger partial charge in [0.05, 0.1) is 0 Å². The highest BCUT2D eigenvalue weighted by atomic mass is 16.2. The Morgan fingerprint density at radius 1 is 1.21 bits per heavy atom. The molecule has 1 aromatic heterocycles. The van der Waals surface area contributed by atoms with Gasteiger partial charge in [-0.3, -0.25) is 18.7 Å². The smallest absolute Gasteiger partial charge is 0.331 e. The van der Waals surface area contributed by atoms with Gasteiger partial charge in [0.2, 0.25) is 5.91 Å². The molecule has 0 bridgehead atoms. The topological polar surface area (TPSA) is 76.3 Å². The summed E-state index contributed by atoms with van der Waals surface area (Å²) in [4.78, 5) is 37.4. The van der Waals surface area contributed by atoms with Gasteiger partial charge in [0, 0.05) is 44.6 Å². The number of para-hydroxylation sites is 1. The van der Waals surface area contributed by atoms with Gasteiger partial charge in [0.15, 0.2) is 0 Å². The molecule has 1 heterocycles. The second-order valence-electron chi connectivity index (χ2n) is 5.72. The standard InChI is InChI=1S/C17H22N4O3/c1-13(19(2)14-7-5-4-6-8-14)11-18-15(22)12-21-10-9-16(23)20(3)17(21)24/h4-10,13H,11-12H2,1-3H3,(H,18,22)/t13-/m0/s1. The van der Waals surface area contributed by atoms with E-state index in [0.29, 0.717) is 6.54 Å². The van der Waals surface area contributed by atoms with E-state index in [0.717, 1.165) is 10.3 Å². The first-order valence-corrected chi connectivity index (χ1v) is 7.71. The number of anilines is 1. The van der Waals surface area contributed by atoms with Crippen LogP contribution in [0.1, 0.15) is 6.92 Å². The molecule has 24 heavy (non-hydrogen) atoms. The quantitative estimate of drug-likeness (QED) is 0.820. The maximum Gasteiger partial charge on any atom is 0.331 e. The molecule has 0 saturated heterocycles. The number of nitrogens with one attached hydrogen (secondary N) is 1. The lowest BCUT2D eigenvalue weighted by atomic mass is 10.2. The van der Waals surface area contributed by atoms with Gasteiger partial charge in [-0.1, -0.05) is 18.2 Å². The fourth-order valence-corrected chi connectivity index (χ4v) is 2.26. The summed E-state index contributed by atoms with van der Waals surface area (Å²) in [6.07, 6.45) is 1.34. The molecule has 0 unspecified atom stereocenters. The van der Waals surface area contributed by atoms with Gasteiger partial charge < -0.3 is 10.2 Å². The number of aromatic nitrogens is 2. The van der Waals surface area contributed by atoms with Crippen molar-refractivity contribution in [2.75, 3.05) is 18.5 Å². The summed E-state index contributed by atoms with van der Waals surface area (Å²) in [5.74, 6) is -0.274. The molecule has 7 nitrogen and oxygen atoms in total. The molecule has 2 aromatic rings. The highest BCUT2D eigenvalue weighted by Gasteiger charge is 2.12. The molecule has 1 amide bonds. The molecule has 0 radical (unpaired) electrons. The minimum absolute atomic E-state index is 0.0909. The van der Waals surface area contributed by atoms with Gasteiger partial charge in [0.25, 0.3) is 5.56 Å². The molecule has 0 spiro atoms. The average molecular weight is 330 g/mol. The summed E-state index contributed by atoms with van der Waals surface area (Å²) < 4.78 is 2.18. The largest absolute Gasteiger partial charge is 0.370 e. The third-order valence-electron chi connectivity index (χ3n) is 3.99. The Labute approximate surface area is 140 Å². The van der Waals surface area contributed by atoms with Crippen LogP contribution in [0.3, 0.4) is 0 Å². The molecular weight excluding hydrogens is 308 g/mol. The summed E-state index contributed by atoms with van der Waals surface area (Å²) in [7, 11) is 3.35. The van der Waals surface area contributed by atoms with E-state index < -0.39 is 11.2 Å². The first-order valence-electron chi connectivity index (χ1n) is 7.71. The Bertz CT molecular complexity index is 811. The van der Waals surface area contributed by atoms with E-state index >= 15 is 0 Å². The molecule has 7 heteroatoms. The SMILES string of the molecule is C[C@@H](CNC(=O)Cn1ccc(=O)n(C)c1=O)N(C)c1ccccc1. The third-order valence-corrected chi connectivity index (χ3v) is 3.99. The van der Waals surface area contributed by atoms with Crippen LogP contribution in [-0.4, -0.2) is 34.7 Å². The van der Waals surface area contributed by atoms with E-state index in [4.69, 9.17) is 0 Å². The lowest BCUT2D eigenvalue weighted by Gasteiger charge is -2.27. The molecule has 2 rings (SSSR count). The lowest BCUT2D eigenvalue weighted by molar-refractivity contribution is -0.121. The third kappa shape index (κ3) is 4.13. The number of rotatable bonds is 6. The van der Waals surface area contributed by atoms with Crippen molar-refractivity contribution >= 4 is 11.6 Å². The van der Waals surface area contributed by atoms with Crippen LogP contribution in [0.5, 0.6) is 0 Å². The predicted octanol–water partition coefficient (Wildman–Crippen LogP) is 0.188. The zero-order chi connectivity index (χ0) is 17.7. The summed E-state index contributed by atoms with van der Waals surface area (Å²) in [5, 5.41) is 2.82. The number of hydrogen-bond donors (Lipinski definition) is 1. The summed E-state index contributed by atoms with van der Waals surface area (Å²) in [6, 6.07) is 11.2. The molecule has 0 aliphatic carbocycles. The van der Waals surface area contributed by atoms with Crippen LogP contribution in [0.4, 0.5) is 5.69 Å². The molecule has 0 aliphatic rings. The van der Waals surface area contributed by atoms with Crippen LogP contribution in [0.15, 0.2) is 52.2 Å². The van der Waals surface area contributed by atoms with Crippen molar-refractivity contribution in [2.24, 2.45) is 7.05 Å². The number of hydrogen-bond acceptors (Lipinski definition) is 4. The molecule has 1 N–H and O–H groups in total. The number of carbonyl (C=O) groups excluding carboxylic acids is 1. The van der Waals surface area contributed by atoms with E-state index in [1.54, 1.807) is 0 Å². The predicted molar refractivity (Wildman–Crippen MR) is 93.3 cm³/mol. The van der Waals surface area contributed by atoms with Gasteiger partial charge in [-0.25, -0.2) is 4.79 Å². The van der Waals surface area contributed by atoms with Crippen molar-refractivity contribution in [3.8, 4) is 0 Å². The molecule has 0 aliphatic heterocycles. The highest BCUT2D eigenvalue weighted by Crippen LogP contribution is 2.13.